The molecule has 0 aliphatic carbocycles. The lowest BCUT2D eigenvalue weighted by Crippen LogP contribution is -2.65. The molecule has 4 aromatic rings. The minimum absolute atomic E-state index is 0.00132. The van der Waals surface area contributed by atoms with Gasteiger partial charge in [0.15, 0.2) is 5.82 Å². The number of H-pyrrole nitrogens is 1. The Labute approximate surface area is 181 Å². The van der Waals surface area contributed by atoms with E-state index in [1.807, 2.05) is 11.0 Å². The Bertz CT molecular complexity index is 1330. The zero-order valence-electron chi connectivity index (χ0n) is 17.2. The minimum atomic E-state index is -1.04. The van der Waals surface area contributed by atoms with Crippen LogP contribution in [0.25, 0.3) is 33.5 Å². The summed E-state index contributed by atoms with van der Waals surface area (Å²) in [5.41, 5.74) is 7.97. The Balaban J connectivity index is 1.72. The number of imidazole rings is 1. The lowest BCUT2D eigenvalue weighted by molar-refractivity contribution is 0.0210. The topological polar surface area (TPSA) is 91.1 Å². The maximum atomic E-state index is 14.3. The molecule has 2 aromatic heterocycles. The summed E-state index contributed by atoms with van der Waals surface area (Å²) in [6.07, 6.45) is 3.16. The van der Waals surface area contributed by atoms with Crippen LogP contribution in [0.3, 0.4) is 0 Å². The molecule has 1 saturated heterocycles. The van der Waals surface area contributed by atoms with Gasteiger partial charge in [0.1, 0.15) is 28.6 Å². The fraction of sp³-hybridized carbons (Fsp3) is 0.217. The maximum absolute atomic E-state index is 14.3. The summed E-state index contributed by atoms with van der Waals surface area (Å²) in [5, 5.41) is 10.5. The minimum Gasteiger partial charge on any atom is -0.385 e. The Morgan fingerprint density at radius 3 is 2.50 bits per heavy atom. The first-order chi connectivity index (χ1) is 15.3. The summed E-state index contributed by atoms with van der Waals surface area (Å²) >= 11 is 0. The number of halogens is 3. The Morgan fingerprint density at radius 1 is 1.06 bits per heavy atom. The summed E-state index contributed by atoms with van der Waals surface area (Å²) in [5.74, 6) is -1.61. The SMILES string of the molecule is Cc1cc(F)cc(-c2cncc(-c3nc4c(F)cc(F)cc4[nH]3)c2N2CC(O)(CN)C2)c1. The van der Waals surface area contributed by atoms with Gasteiger partial charge in [0.2, 0.25) is 0 Å². The van der Waals surface area contributed by atoms with Crippen molar-refractivity contribution in [1.29, 1.82) is 0 Å². The van der Waals surface area contributed by atoms with Crippen molar-refractivity contribution in [2.75, 3.05) is 24.5 Å². The second-order valence-electron chi connectivity index (χ2n) is 8.25. The molecular formula is C23H20F3N5O. The summed E-state index contributed by atoms with van der Waals surface area (Å²) in [4.78, 5) is 13.5. The molecule has 164 valence electrons. The number of nitrogens with two attached hydrogens (primary N) is 1. The number of hydrogen-bond donors (Lipinski definition) is 3. The molecule has 0 bridgehead atoms. The number of β-amino-alcohol motifs (C(OH)–C–C–N with tert-alkyl or cyclic N) is 1. The van der Waals surface area contributed by atoms with E-state index in [9.17, 15) is 18.3 Å². The van der Waals surface area contributed by atoms with Gasteiger partial charge in [-0.25, -0.2) is 18.2 Å². The third-order valence-corrected chi connectivity index (χ3v) is 5.70. The number of nitrogens with one attached hydrogen (secondary N) is 1. The van der Waals surface area contributed by atoms with Crippen molar-refractivity contribution in [2.45, 2.75) is 12.5 Å². The summed E-state index contributed by atoms with van der Waals surface area (Å²) in [7, 11) is 0. The van der Waals surface area contributed by atoms with Gasteiger partial charge < -0.3 is 20.7 Å². The number of rotatable bonds is 4. The van der Waals surface area contributed by atoms with Gasteiger partial charge in [0.25, 0.3) is 0 Å². The number of aliphatic hydroxyl groups is 1. The van der Waals surface area contributed by atoms with Gasteiger partial charge in [-0.05, 0) is 36.2 Å². The number of aromatic nitrogens is 3. The second-order valence-corrected chi connectivity index (χ2v) is 8.25. The molecule has 0 unspecified atom stereocenters. The highest BCUT2D eigenvalue weighted by Gasteiger charge is 2.42. The fourth-order valence-corrected chi connectivity index (χ4v) is 4.19. The van der Waals surface area contributed by atoms with E-state index in [0.717, 1.165) is 11.6 Å². The number of aromatic amines is 1. The third-order valence-electron chi connectivity index (χ3n) is 5.70. The van der Waals surface area contributed by atoms with Crippen molar-refractivity contribution in [1.82, 2.24) is 15.0 Å². The lowest BCUT2D eigenvalue weighted by Gasteiger charge is -2.48. The van der Waals surface area contributed by atoms with Crippen LogP contribution >= 0.6 is 0 Å². The second kappa shape index (κ2) is 7.32. The number of anilines is 1. The number of fused-ring (bicyclic) bond motifs is 1. The molecule has 4 N–H and O–H groups in total. The molecule has 32 heavy (non-hydrogen) atoms. The first-order valence-electron chi connectivity index (χ1n) is 10.0. The molecule has 5 rings (SSSR count). The first kappa shape index (κ1) is 20.5. The highest BCUT2D eigenvalue weighted by atomic mass is 19.1. The van der Waals surface area contributed by atoms with Crippen molar-refractivity contribution >= 4 is 16.7 Å². The number of hydrogen-bond acceptors (Lipinski definition) is 5. The van der Waals surface area contributed by atoms with Crippen LogP contribution in [0.15, 0.2) is 42.7 Å². The molecule has 1 aliphatic heterocycles. The average molecular weight is 439 g/mol. The van der Waals surface area contributed by atoms with Crippen LogP contribution in [0.4, 0.5) is 18.9 Å². The van der Waals surface area contributed by atoms with E-state index in [-0.39, 0.29) is 42.3 Å². The molecule has 0 saturated carbocycles. The summed E-state index contributed by atoms with van der Waals surface area (Å²) < 4.78 is 42.1. The zero-order valence-corrected chi connectivity index (χ0v) is 17.2. The van der Waals surface area contributed by atoms with E-state index in [4.69, 9.17) is 5.73 Å². The van der Waals surface area contributed by atoms with Gasteiger partial charge in [0.05, 0.1) is 16.8 Å². The number of benzene rings is 2. The molecule has 2 aromatic carbocycles. The Morgan fingerprint density at radius 2 is 1.78 bits per heavy atom. The highest BCUT2D eigenvalue weighted by molar-refractivity contribution is 5.91. The van der Waals surface area contributed by atoms with E-state index in [1.54, 1.807) is 19.3 Å². The van der Waals surface area contributed by atoms with Crippen molar-refractivity contribution in [3.05, 3.63) is 65.7 Å². The Kier molecular flexibility index (Phi) is 4.68. The molecule has 0 atom stereocenters. The first-order valence-corrected chi connectivity index (χ1v) is 10.0. The van der Waals surface area contributed by atoms with Crippen LogP contribution in [0.1, 0.15) is 5.56 Å². The van der Waals surface area contributed by atoms with Crippen molar-refractivity contribution in [3.8, 4) is 22.5 Å². The molecule has 9 heteroatoms. The average Bonchev–Trinajstić information content (AvgIpc) is 3.14. The number of aryl methyl sites for hydroxylation is 1. The standard InChI is InChI=1S/C23H20F3N5O/c1-12-2-13(4-14(24)3-12)16-7-28-8-17(21(16)31-10-23(32,9-27)11-31)22-29-19-6-15(25)5-18(26)20(19)30-22/h2-8,32H,9-11,27H2,1H3,(H,29,30). The quantitative estimate of drug-likeness (QED) is 0.453. The van der Waals surface area contributed by atoms with Crippen molar-refractivity contribution < 1.29 is 18.3 Å². The fourth-order valence-electron chi connectivity index (χ4n) is 4.19. The summed E-state index contributed by atoms with van der Waals surface area (Å²) in [6.45, 7) is 2.39. The normalized spacial score (nSPS) is 15.2. The molecule has 0 spiro atoms. The predicted molar refractivity (Wildman–Crippen MR) is 116 cm³/mol. The van der Waals surface area contributed by atoms with Gasteiger partial charge in [-0.2, -0.15) is 0 Å². The maximum Gasteiger partial charge on any atom is 0.153 e. The van der Waals surface area contributed by atoms with Gasteiger partial charge >= 0.3 is 0 Å². The van der Waals surface area contributed by atoms with Crippen molar-refractivity contribution in [3.63, 3.8) is 0 Å². The third kappa shape index (κ3) is 3.39. The summed E-state index contributed by atoms with van der Waals surface area (Å²) in [6, 6.07) is 6.59. The number of pyridine rings is 1. The van der Waals surface area contributed by atoms with Gasteiger partial charge in [0, 0.05) is 43.7 Å². The highest BCUT2D eigenvalue weighted by Crippen LogP contribution is 2.42. The monoisotopic (exact) mass is 439 g/mol. The van der Waals surface area contributed by atoms with E-state index in [2.05, 4.69) is 15.0 Å². The van der Waals surface area contributed by atoms with Crippen molar-refractivity contribution in [2.24, 2.45) is 5.73 Å². The van der Waals surface area contributed by atoms with Gasteiger partial charge in [-0.15, -0.1) is 0 Å². The van der Waals surface area contributed by atoms with E-state index >= 15 is 0 Å². The lowest BCUT2D eigenvalue weighted by atomic mass is 9.90. The molecule has 0 amide bonds. The van der Waals surface area contributed by atoms with Gasteiger partial charge in [-0.1, -0.05) is 6.07 Å². The molecule has 0 radical (unpaired) electrons. The smallest absolute Gasteiger partial charge is 0.153 e. The molecule has 1 aliphatic rings. The Hall–Kier alpha value is -3.43. The van der Waals surface area contributed by atoms with Crippen LogP contribution in [0.5, 0.6) is 0 Å². The predicted octanol–water partition coefficient (Wildman–Crippen LogP) is 3.53. The van der Waals surface area contributed by atoms with Crippen LogP contribution < -0.4 is 10.6 Å². The van der Waals surface area contributed by atoms with Crippen LogP contribution in [0, 0.1) is 24.4 Å². The zero-order chi connectivity index (χ0) is 22.6. The van der Waals surface area contributed by atoms with E-state index < -0.39 is 17.2 Å². The van der Waals surface area contributed by atoms with Crippen LogP contribution in [0.2, 0.25) is 0 Å². The van der Waals surface area contributed by atoms with E-state index in [1.165, 1.54) is 18.2 Å². The molecular weight excluding hydrogens is 419 g/mol. The number of nitrogens with zero attached hydrogens (tertiary/aromatic N) is 3. The molecule has 1 fully saturated rings. The van der Waals surface area contributed by atoms with E-state index in [0.29, 0.717) is 22.4 Å². The van der Waals surface area contributed by atoms with Crippen LogP contribution in [-0.4, -0.2) is 45.3 Å². The molecule has 3 heterocycles. The largest absolute Gasteiger partial charge is 0.385 e. The van der Waals surface area contributed by atoms with Crippen LogP contribution in [-0.2, 0) is 0 Å². The van der Waals surface area contributed by atoms with Gasteiger partial charge in [-0.3, -0.25) is 4.98 Å². The molecule has 6 nitrogen and oxygen atoms in total.